The van der Waals surface area contributed by atoms with Crippen molar-refractivity contribution in [2.45, 2.75) is 0 Å². The minimum atomic E-state index is 0.601. The first-order valence-electron chi connectivity index (χ1n) is 15.1. The Morgan fingerprint density at radius 2 is 1.17 bits per heavy atom. The second-order valence-corrected chi connectivity index (χ2v) is 12.3. The SMILES string of the molecule is [C-]#[N+]c1cc(-c2cccc3c2sc2c(-c4ccccc4)nc(-c4ccccc4)nc23)cc(-n2c3ccccc3c3ccccc32)c1. The number of benzene rings is 6. The Hall–Kier alpha value is -6.09. The standard InChI is InChI=1S/C41H24N4S/c1-42-29-23-28(24-30(25-29)45-35-21-10-8-17-32(35)33-18-9-11-22-36(33)45)31-19-12-20-34-38-40(46-39(31)34)37(26-13-4-2-5-14-26)43-41(44-38)27-15-6-3-7-16-27/h2-25H. The van der Waals surface area contributed by atoms with Crippen LogP contribution in [0, 0.1) is 6.57 Å². The highest BCUT2D eigenvalue weighted by atomic mass is 32.1. The summed E-state index contributed by atoms with van der Waals surface area (Å²) in [5, 5.41) is 3.47. The quantitative estimate of drug-likeness (QED) is 0.187. The van der Waals surface area contributed by atoms with Crippen LogP contribution in [0.25, 0.3) is 86.4 Å². The number of hydrogen-bond donors (Lipinski definition) is 0. The number of fused-ring (bicyclic) bond motifs is 6. The fourth-order valence-corrected chi connectivity index (χ4v) is 7.83. The van der Waals surface area contributed by atoms with Gasteiger partial charge in [-0.05, 0) is 41.5 Å². The minimum absolute atomic E-state index is 0.601. The Bertz CT molecular complexity index is 2590. The highest BCUT2D eigenvalue weighted by molar-refractivity contribution is 7.26. The van der Waals surface area contributed by atoms with Gasteiger partial charge in [0, 0.05) is 37.7 Å². The van der Waals surface area contributed by atoms with Gasteiger partial charge >= 0.3 is 0 Å². The van der Waals surface area contributed by atoms with Gasteiger partial charge in [0.2, 0.25) is 0 Å². The van der Waals surface area contributed by atoms with Gasteiger partial charge in [0.15, 0.2) is 11.5 Å². The molecular weight excluding hydrogens is 581 g/mol. The summed E-state index contributed by atoms with van der Waals surface area (Å²) in [6, 6.07) is 50.1. The fraction of sp³-hybridized carbons (Fsp3) is 0. The van der Waals surface area contributed by atoms with Crippen LogP contribution in [0.1, 0.15) is 0 Å². The van der Waals surface area contributed by atoms with Crippen molar-refractivity contribution in [3.05, 3.63) is 157 Å². The number of rotatable bonds is 4. The highest BCUT2D eigenvalue weighted by Gasteiger charge is 2.20. The second-order valence-electron chi connectivity index (χ2n) is 11.3. The van der Waals surface area contributed by atoms with Gasteiger partial charge in [0.1, 0.15) is 0 Å². The van der Waals surface area contributed by atoms with E-state index in [4.69, 9.17) is 16.5 Å². The summed E-state index contributed by atoms with van der Waals surface area (Å²) in [4.78, 5) is 14.2. The van der Waals surface area contributed by atoms with E-state index < -0.39 is 0 Å². The van der Waals surface area contributed by atoms with Crippen LogP contribution in [0.5, 0.6) is 0 Å². The van der Waals surface area contributed by atoms with Crippen molar-refractivity contribution in [3.8, 4) is 39.5 Å². The lowest BCUT2D eigenvalue weighted by Crippen LogP contribution is -1.94. The first-order valence-corrected chi connectivity index (χ1v) is 15.9. The van der Waals surface area contributed by atoms with Crippen molar-refractivity contribution in [2.24, 2.45) is 0 Å². The topological polar surface area (TPSA) is 35.1 Å². The van der Waals surface area contributed by atoms with Crippen LogP contribution >= 0.6 is 11.3 Å². The van der Waals surface area contributed by atoms with E-state index in [2.05, 4.69) is 119 Å². The fourth-order valence-electron chi connectivity index (χ4n) is 6.55. The molecule has 6 aromatic carbocycles. The van der Waals surface area contributed by atoms with E-state index in [1.807, 2.05) is 36.4 Å². The number of aromatic nitrogens is 3. The lowest BCUT2D eigenvalue weighted by molar-refractivity contribution is 1.18. The van der Waals surface area contributed by atoms with E-state index in [1.54, 1.807) is 11.3 Å². The van der Waals surface area contributed by atoms with Crippen molar-refractivity contribution in [2.75, 3.05) is 0 Å². The van der Waals surface area contributed by atoms with Crippen LogP contribution in [0.2, 0.25) is 0 Å². The predicted octanol–water partition coefficient (Wildman–Crippen LogP) is 11.5. The number of para-hydroxylation sites is 2. The molecule has 0 bridgehead atoms. The molecule has 4 nitrogen and oxygen atoms in total. The van der Waals surface area contributed by atoms with E-state index in [-0.39, 0.29) is 0 Å². The van der Waals surface area contributed by atoms with Crippen LogP contribution in [0.3, 0.4) is 0 Å². The van der Waals surface area contributed by atoms with Gasteiger partial charge in [0.25, 0.3) is 0 Å². The molecule has 0 saturated carbocycles. The summed E-state index contributed by atoms with van der Waals surface area (Å²) >= 11 is 1.72. The summed E-state index contributed by atoms with van der Waals surface area (Å²) in [6.45, 7) is 8.03. The summed E-state index contributed by atoms with van der Waals surface area (Å²) in [5.74, 6) is 0.709. The van der Waals surface area contributed by atoms with Crippen molar-refractivity contribution in [3.63, 3.8) is 0 Å². The summed E-state index contributed by atoms with van der Waals surface area (Å²) < 4.78 is 4.46. The molecule has 0 spiro atoms. The van der Waals surface area contributed by atoms with Crippen LogP contribution in [0.4, 0.5) is 5.69 Å². The van der Waals surface area contributed by atoms with Gasteiger partial charge in [0.05, 0.1) is 33.5 Å². The molecule has 0 aliphatic rings. The smallest absolute Gasteiger partial charge is 0.189 e. The van der Waals surface area contributed by atoms with E-state index in [0.717, 1.165) is 65.0 Å². The van der Waals surface area contributed by atoms with Crippen molar-refractivity contribution < 1.29 is 0 Å². The third-order valence-corrected chi connectivity index (χ3v) is 9.83. The molecule has 214 valence electrons. The maximum Gasteiger partial charge on any atom is 0.189 e. The number of hydrogen-bond acceptors (Lipinski definition) is 3. The molecule has 0 atom stereocenters. The molecule has 0 unspecified atom stereocenters. The van der Waals surface area contributed by atoms with E-state index in [1.165, 1.54) is 10.8 Å². The Balaban J connectivity index is 1.32. The molecule has 0 radical (unpaired) electrons. The molecule has 0 fully saturated rings. The first-order chi connectivity index (χ1) is 22.8. The van der Waals surface area contributed by atoms with Gasteiger partial charge in [-0.3, -0.25) is 0 Å². The molecule has 9 aromatic rings. The van der Waals surface area contributed by atoms with E-state index in [9.17, 15) is 0 Å². The number of thiophene rings is 1. The maximum absolute atomic E-state index is 8.03. The average Bonchev–Trinajstić information content (AvgIpc) is 3.68. The molecule has 0 aliphatic heterocycles. The maximum atomic E-state index is 8.03. The van der Waals surface area contributed by atoms with Gasteiger partial charge in [-0.15, -0.1) is 11.3 Å². The highest BCUT2D eigenvalue weighted by Crippen LogP contribution is 2.44. The molecule has 46 heavy (non-hydrogen) atoms. The second kappa shape index (κ2) is 10.5. The molecule has 5 heteroatoms. The van der Waals surface area contributed by atoms with Gasteiger partial charge in [-0.2, -0.15) is 0 Å². The van der Waals surface area contributed by atoms with Crippen LogP contribution in [-0.2, 0) is 0 Å². The lowest BCUT2D eigenvalue weighted by Gasteiger charge is -2.12. The molecule has 0 saturated heterocycles. The average molecular weight is 605 g/mol. The molecular formula is C41H24N4S. The Morgan fingerprint density at radius 1 is 0.543 bits per heavy atom. The lowest BCUT2D eigenvalue weighted by atomic mass is 10.0. The number of nitrogens with zero attached hydrogens (tertiary/aromatic N) is 4. The summed E-state index contributed by atoms with van der Waals surface area (Å²) in [6.07, 6.45) is 0. The zero-order valence-electron chi connectivity index (χ0n) is 24.6. The summed E-state index contributed by atoms with van der Waals surface area (Å²) in [5.41, 5.74) is 9.80. The van der Waals surface area contributed by atoms with Crippen LogP contribution in [0.15, 0.2) is 146 Å². The minimum Gasteiger partial charge on any atom is -0.310 e. The third kappa shape index (κ3) is 4.12. The molecule has 3 aromatic heterocycles. The summed E-state index contributed by atoms with van der Waals surface area (Å²) in [7, 11) is 0. The zero-order valence-corrected chi connectivity index (χ0v) is 25.4. The molecule has 0 N–H and O–H groups in total. The van der Waals surface area contributed by atoms with Gasteiger partial charge < -0.3 is 4.57 Å². The zero-order chi connectivity index (χ0) is 30.6. The molecule has 0 amide bonds. The van der Waals surface area contributed by atoms with Crippen LogP contribution < -0.4 is 0 Å². The van der Waals surface area contributed by atoms with E-state index in [0.29, 0.717) is 11.5 Å². The van der Waals surface area contributed by atoms with Crippen molar-refractivity contribution in [1.82, 2.24) is 14.5 Å². The normalized spacial score (nSPS) is 11.5. The van der Waals surface area contributed by atoms with Crippen molar-refractivity contribution >= 4 is 59.1 Å². The van der Waals surface area contributed by atoms with Gasteiger partial charge in [-0.1, -0.05) is 115 Å². The van der Waals surface area contributed by atoms with Crippen molar-refractivity contribution in [1.29, 1.82) is 0 Å². The van der Waals surface area contributed by atoms with Crippen LogP contribution in [-0.4, -0.2) is 14.5 Å². The Kier molecular flexibility index (Phi) is 6.02. The molecule has 3 heterocycles. The molecule has 9 rings (SSSR count). The van der Waals surface area contributed by atoms with Gasteiger partial charge in [-0.25, -0.2) is 14.8 Å². The van der Waals surface area contributed by atoms with E-state index >= 15 is 0 Å². The monoisotopic (exact) mass is 604 g/mol. The predicted molar refractivity (Wildman–Crippen MR) is 192 cm³/mol. The molecule has 0 aliphatic carbocycles. The first kappa shape index (κ1) is 26.3. The largest absolute Gasteiger partial charge is 0.310 e. The third-order valence-electron chi connectivity index (χ3n) is 8.60. The Labute approximate surface area is 269 Å². The Morgan fingerprint density at radius 3 is 1.87 bits per heavy atom.